The van der Waals surface area contributed by atoms with E-state index in [0.29, 0.717) is 11.3 Å². The second kappa shape index (κ2) is 6.08. The average Bonchev–Trinajstić information content (AvgIpc) is 2.23. The van der Waals surface area contributed by atoms with Crippen LogP contribution < -0.4 is 5.73 Å². The number of rotatable bonds is 5. The van der Waals surface area contributed by atoms with Gasteiger partial charge in [-0.15, -0.1) is 0 Å². The maximum atomic E-state index is 13.2. The van der Waals surface area contributed by atoms with Crippen molar-refractivity contribution in [2.45, 2.75) is 25.1 Å². The molecule has 0 aliphatic rings. The molecule has 15 heavy (non-hydrogen) atoms. The van der Waals surface area contributed by atoms with Crippen LogP contribution in [0.3, 0.4) is 0 Å². The van der Waals surface area contributed by atoms with Crippen LogP contribution in [0.1, 0.15) is 18.9 Å². The van der Waals surface area contributed by atoms with Gasteiger partial charge in [0, 0.05) is 23.1 Å². The van der Waals surface area contributed by atoms with E-state index in [2.05, 4.69) is 0 Å². The largest absolute Gasteiger partial charge is 0.327 e. The van der Waals surface area contributed by atoms with Crippen LogP contribution in [0.5, 0.6) is 0 Å². The SMILES string of the molecule is CCC(N)CSCc1cc(F)ccc1F. The molecule has 0 aliphatic heterocycles. The molecule has 0 aliphatic carbocycles. The first-order valence-corrected chi connectivity index (χ1v) is 6.06. The predicted octanol–water partition coefficient (Wildman–Crippen LogP) is 2.94. The Hall–Kier alpha value is -0.610. The van der Waals surface area contributed by atoms with E-state index in [0.717, 1.165) is 24.3 Å². The third-order valence-corrected chi connectivity index (χ3v) is 3.30. The highest BCUT2D eigenvalue weighted by Crippen LogP contribution is 2.17. The molecule has 0 spiro atoms. The van der Waals surface area contributed by atoms with Gasteiger partial charge in [-0.1, -0.05) is 6.92 Å². The van der Waals surface area contributed by atoms with E-state index in [1.54, 1.807) is 0 Å². The summed E-state index contributed by atoms with van der Waals surface area (Å²) in [6.45, 7) is 2.01. The fourth-order valence-corrected chi connectivity index (χ4v) is 2.19. The number of benzene rings is 1. The second-order valence-electron chi connectivity index (χ2n) is 3.42. The molecule has 1 atom stereocenters. The van der Waals surface area contributed by atoms with Gasteiger partial charge in [0.15, 0.2) is 0 Å². The molecule has 0 saturated heterocycles. The lowest BCUT2D eigenvalue weighted by atomic mass is 10.2. The highest BCUT2D eigenvalue weighted by molar-refractivity contribution is 7.98. The Bertz CT molecular complexity index is 317. The van der Waals surface area contributed by atoms with Crippen LogP contribution in [0.15, 0.2) is 18.2 Å². The van der Waals surface area contributed by atoms with Crippen LogP contribution in [0, 0.1) is 11.6 Å². The Morgan fingerprint density at radius 1 is 1.40 bits per heavy atom. The summed E-state index contributed by atoms with van der Waals surface area (Å²) in [4.78, 5) is 0. The lowest BCUT2D eigenvalue weighted by Crippen LogP contribution is -2.21. The Kier molecular flexibility index (Phi) is 5.05. The summed E-state index contributed by atoms with van der Waals surface area (Å²) in [7, 11) is 0. The van der Waals surface area contributed by atoms with Gasteiger partial charge >= 0.3 is 0 Å². The van der Waals surface area contributed by atoms with Crippen molar-refractivity contribution in [3.05, 3.63) is 35.4 Å². The number of nitrogens with two attached hydrogens (primary N) is 1. The van der Waals surface area contributed by atoms with Crippen molar-refractivity contribution in [3.8, 4) is 0 Å². The Morgan fingerprint density at radius 3 is 2.80 bits per heavy atom. The van der Waals surface area contributed by atoms with E-state index in [4.69, 9.17) is 5.73 Å². The number of hydrogen-bond acceptors (Lipinski definition) is 2. The summed E-state index contributed by atoms with van der Waals surface area (Å²) in [5.74, 6) is 0.491. The maximum absolute atomic E-state index is 13.2. The molecule has 0 amide bonds. The van der Waals surface area contributed by atoms with Crippen molar-refractivity contribution in [2.75, 3.05) is 5.75 Å². The molecule has 0 fully saturated rings. The lowest BCUT2D eigenvalue weighted by Gasteiger charge is -2.08. The van der Waals surface area contributed by atoms with Crippen LogP contribution >= 0.6 is 11.8 Å². The van der Waals surface area contributed by atoms with Crippen molar-refractivity contribution in [1.82, 2.24) is 0 Å². The van der Waals surface area contributed by atoms with Gasteiger partial charge in [-0.05, 0) is 24.6 Å². The van der Waals surface area contributed by atoms with E-state index in [9.17, 15) is 8.78 Å². The van der Waals surface area contributed by atoms with E-state index < -0.39 is 5.82 Å². The summed E-state index contributed by atoms with van der Waals surface area (Å²) in [5, 5.41) is 0. The minimum absolute atomic E-state index is 0.131. The van der Waals surface area contributed by atoms with Crippen LogP contribution in [-0.2, 0) is 5.75 Å². The summed E-state index contributed by atoms with van der Waals surface area (Å²) in [6.07, 6.45) is 0.901. The molecular weight excluding hydrogens is 216 g/mol. The molecule has 1 aromatic rings. The molecule has 0 aromatic heterocycles. The molecule has 1 aromatic carbocycles. The molecular formula is C11H15F2NS. The summed E-state index contributed by atoms with van der Waals surface area (Å²) >= 11 is 1.53. The minimum Gasteiger partial charge on any atom is -0.327 e. The first kappa shape index (κ1) is 12.5. The fraction of sp³-hybridized carbons (Fsp3) is 0.455. The van der Waals surface area contributed by atoms with Gasteiger partial charge in [0.2, 0.25) is 0 Å². The zero-order chi connectivity index (χ0) is 11.3. The van der Waals surface area contributed by atoms with Crippen molar-refractivity contribution in [2.24, 2.45) is 5.73 Å². The number of thioether (sulfide) groups is 1. The molecule has 84 valence electrons. The van der Waals surface area contributed by atoms with E-state index in [1.165, 1.54) is 17.8 Å². The third-order valence-electron chi connectivity index (χ3n) is 2.12. The van der Waals surface area contributed by atoms with Crippen molar-refractivity contribution < 1.29 is 8.78 Å². The van der Waals surface area contributed by atoms with E-state index >= 15 is 0 Å². The Morgan fingerprint density at radius 2 is 2.13 bits per heavy atom. The van der Waals surface area contributed by atoms with E-state index in [1.807, 2.05) is 6.92 Å². The zero-order valence-corrected chi connectivity index (χ0v) is 9.49. The minimum atomic E-state index is -0.396. The van der Waals surface area contributed by atoms with Crippen molar-refractivity contribution in [3.63, 3.8) is 0 Å². The first-order valence-electron chi connectivity index (χ1n) is 4.90. The molecule has 2 N–H and O–H groups in total. The number of hydrogen-bond donors (Lipinski definition) is 1. The molecule has 0 heterocycles. The van der Waals surface area contributed by atoms with Crippen LogP contribution in [-0.4, -0.2) is 11.8 Å². The normalized spacial score (nSPS) is 12.8. The van der Waals surface area contributed by atoms with Gasteiger partial charge in [-0.2, -0.15) is 11.8 Å². The van der Waals surface area contributed by atoms with Gasteiger partial charge in [0.05, 0.1) is 0 Å². The smallest absolute Gasteiger partial charge is 0.127 e. The predicted molar refractivity (Wildman–Crippen MR) is 60.8 cm³/mol. The Balaban J connectivity index is 2.46. The fourth-order valence-electron chi connectivity index (χ4n) is 1.09. The van der Waals surface area contributed by atoms with Crippen molar-refractivity contribution in [1.29, 1.82) is 0 Å². The van der Waals surface area contributed by atoms with Crippen LogP contribution in [0.4, 0.5) is 8.78 Å². The number of halogens is 2. The summed E-state index contributed by atoms with van der Waals surface area (Å²) in [6, 6.07) is 3.65. The van der Waals surface area contributed by atoms with Gasteiger partial charge < -0.3 is 5.73 Å². The highest BCUT2D eigenvalue weighted by atomic mass is 32.2. The lowest BCUT2D eigenvalue weighted by molar-refractivity contribution is 0.591. The maximum Gasteiger partial charge on any atom is 0.127 e. The van der Waals surface area contributed by atoms with Crippen molar-refractivity contribution >= 4 is 11.8 Å². The zero-order valence-electron chi connectivity index (χ0n) is 8.67. The first-order chi connectivity index (χ1) is 7.13. The molecule has 0 bridgehead atoms. The van der Waals surface area contributed by atoms with Gasteiger partial charge in [0.25, 0.3) is 0 Å². The summed E-state index contributed by atoms with van der Waals surface area (Å²) < 4.78 is 26.0. The Labute approximate surface area is 93.1 Å². The monoisotopic (exact) mass is 231 g/mol. The van der Waals surface area contributed by atoms with Gasteiger partial charge in [-0.3, -0.25) is 0 Å². The van der Waals surface area contributed by atoms with Gasteiger partial charge in [-0.25, -0.2) is 8.78 Å². The average molecular weight is 231 g/mol. The third kappa shape index (κ3) is 4.18. The standard InChI is InChI=1S/C11H15F2NS/c1-2-10(14)7-15-6-8-5-9(12)3-4-11(8)13/h3-5,10H,2,6-7,14H2,1H3. The molecule has 1 rings (SSSR count). The molecule has 4 heteroatoms. The quantitative estimate of drug-likeness (QED) is 0.843. The highest BCUT2D eigenvalue weighted by Gasteiger charge is 2.05. The molecule has 1 nitrogen and oxygen atoms in total. The topological polar surface area (TPSA) is 26.0 Å². The van der Waals surface area contributed by atoms with Gasteiger partial charge in [0.1, 0.15) is 11.6 Å². The summed E-state index contributed by atoms with van der Waals surface area (Å²) in [5.41, 5.74) is 6.12. The van der Waals surface area contributed by atoms with E-state index in [-0.39, 0.29) is 11.9 Å². The van der Waals surface area contributed by atoms with Crippen LogP contribution in [0.25, 0.3) is 0 Å². The molecule has 1 unspecified atom stereocenters. The molecule has 0 radical (unpaired) electrons. The second-order valence-corrected chi connectivity index (χ2v) is 4.45. The van der Waals surface area contributed by atoms with Crippen LogP contribution in [0.2, 0.25) is 0 Å². The molecule has 0 saturated carbocycles.